The van der Waals surface area contributed by atoms with Gasteiger partial charge in [0.15, 0.2) is 0 Å². The van der Waals surface area contributed by atoms with Gasteiger partial charge in [0.1, 0.15) is 5.60 Å². The summed E-state index contributed by atoms with van der Waals surface area (Å²) in [6, 6.07) is 0. The molecule has 108 valence electrons. The van der Waals surface area contributed by atoms with E-state index in [9.17, 15) is 4.79 Å². The van der Waals surface area contributed by atoms with Crippen molar-refractivity contribution in [1.82, 2.24) is 0 Å². The third-order valence-electron chi connectivity index (χ3n) is 6.88. The van der Waals surface area contributed by atoms with Crippen LogP contribution in [0.1, 0.15) is 51.4 Å². The fourth-order valence-corrected chi connectivity index (χ4v) is 6.50. The van der Waals surface area contributed by atoms with Crippen molar-refractivity contribution < 1.29 is 9.53 Å². The standard InChI is InChI=1S/C18H24O2/c19-17(16-7-11-1-2-15(16)6-11)20-18-8-12-3-13(9-18)5-14(4-12)10-18/h1-2,11-16H,3-10H2. The molecule has 0 radical (unpaired) electrons. The highest BCUT2D eigenvalue weighted by Gasteiger charge is 2.54. The third kappa shape index (κ3) is 1.66. The molecule has 5 saturated carbocycles. The Morgan fingerprint density at radius 3 is 2.05 bits per heavy atom. The topological polar surface area (TPSA) is 26.3 Å². The second-order valence-corrected chi connectivity index (χ2v) is 8.41. The van der Waals surface area contributed by atoms with Crippen molar-refractivity contribution in [2.75, 3.05) is 0 Å². The Hall–Kier alpha value is -0.790. The van der Waals surface area contributed by atoms with E-state index in [1.165, 1.54) is 44.9 Å². The normalized spacial score (nSPS) is 54.6. The molecular formula is C18H24O2. The minimum absolute atomic E-state index is 0.0443. The van der Waals surface area contributed by atoms with Crippen LogP contribution in [0.2, 0.25) is 0 Å². The van der Waals surface area contributed by atoms with E-state index in [1.807, 2.05) is 0 Å². The summed E-state index contributed by atoms with van der Waals surface area (Å²) in [4.78, 5) is 12.7. The lowest BCUT2D eigenvalue weighted by atomic mass is 9.54. The van der Waals surface area contributed by atoms with Gasteiger partial charge in [-0.2, -0.15) is 0 Å². The molecule has 6 aliphatic carbocycles. The van der Waals surface area contributed by atoms with Crippen molar-refractivity contribution in [2.45, 2.75) is 57.0 Å². The van der Waals surface area contributed by atoms with Crippen LogP contribution in [0, 0.1) is 35.5 Å². The summed E-state index contributed by atoms with van der Waals surface area (Å²) in [7, 11) is 0. The van der Waals surface area contributed by atoms with Crippen molar-refractivity contribution in [2.24, 2.45) is 35.5 Å². The van der Waals surface area contributed by atoms with Crippen LogP contribution in [-0.2, 0) is 9.53 Å². The summed E-state index contributed by atoms with van der Waals surface area (Å²) in [5.41, 5.74) is -0.0443. The molecule has 0 saturated heterocycles. The van der Waals surface area contributed by atoms with Gasteiger partial charge in [0.05, 0.1) is 5.92 Å². The zero-order valence-electron chi connectivity index (χ0n) is 12.1. The van der Waals surface area contributed by atoms with Crippen LogP contribution < -0.4 is 0 Å². The molecule has 0 aliphatic heterocycles. The molecule has 0 aromatic rings. The molecular weight excluding hydrogens is 248 g/mol. The molecule has 2 nitrogen and oxygen atoms in total. The first-order valence-electron chi connectivity index (χ1n) is 8.60. The highest BCUT2D eigenvalue weighted by atomic mass is 16.6. The first-order valence-corrected chi connectivity index (χ1v) is 8.60. The number of hydrogen-bond acceptors (Lipinski definition) is 2. The molecule has 0 N–H and O–H groups in total. The van der Waals surface area contributed by atoms with E-state index >= 15 is 0 Å². The van der Waals surface area contributed by atoms with Gasteiger partial charge in [0.2, 0.25) is 0 Å². The Morgan fingerprint density at radius 2 is 1.55 bits per heavy atom. The van der Waals surface area contributed by atoms with E-state index in [0.29, 0.717) is 11.8 Å². The van der Waals surface area contributed by atoms with E-state index in [0.717, 1.165) is 24.2 Å². The SMILES string of the molecule is O=C(OC12CC3CC(CC(C3)C1)C2)C1CC2C=CC1C2. The maximum Gasteiger partial charge on any atom is 0.310 e. The molecule has 20 heavy (non-hydrogen) atoms. The summed E-state index contributed by atoms with van der Waals surface area (Å²) in [6.07, 6.45) is 14.5. The quantitative estimate of drug-likeness (QED) is 0.566. The van der Waals surface area contributed by atoms with Crippen molar-refractivity contribution in [3.05, 3.63) is 12.2 Å². The van der Waals surface area contributed by atoms with E-state index < -0.39 is 0 Å². The summed E-state index contributed by atoms with van der Waals surface area (Å²) in [5.74, 6) is 4.04. The molecule has 0 heterocycles. The average Bonchev–Trinajstić information content (AvgIpc) is 2.98. The average molecular weight is 272 g/mol. The lowest BCUT2D eigenvalue weighted by molar-refractivity contribution is -0.191. The van der Waals surface area contributed by atoms with Gasteiger partial charge in [-0.05, 0) is 81.0 Å². The maximum absolute atomic E-state index is 12.7. The first kappa shape index (κ1) is 11.8. The number of carbonyl (C=O) groups is 1. The molecule has 6 rings (SSSR count). The van der Waals surface area contributed by atoms with Gasteiger partial charge in [-0.15, -0.1) is 0 Å². The summed E-state index contributed by atoms with van der Waals surface area (Å²) >= 11 is 0. The predicted molar refractivity (Wildman–Crippen MR) is 75.8 cm³/mol. The van der Waals surface area contributed by atoms with Gasteiger partial charge in [-0.3, -0.25) is 4.79 Å². The molecule has 0 amide bonds. The van der Waals surface area contributed by atoms with E-state index in [1.54, 1.807) is 0 Å². The van der Waals surface area contributed by atoms with Crippen molar-refractivity contribution in [3.63, 3.8) is 0 Å². The predicted octanol–water partition coefficient (Wildman–Crippen LogP) is 3.71. The Kier molecular flexibility index (Phi) is 2.30. The second-order valence-electron chi connectivity index (χ2n) is 8.41. The van der Waals surface area contributed by atoms with Gasteiger partial charge in [0, 0.05) is 0 Å². The van der Waals surface area contributed by atoms with Crippen molar-refractivity contribution in [1.29, 1.82) is 0 Å². The molecule has 2 heteroatoms. The summed E-state index contributed by atoms with van der Waals surface area (Å²) < 4.78 is 6.21. The number of hydrogen-bond donors (Lipinski definition) is 0. The molecule has 3 unspecified atom stereocenters. The van der Waals surface area contributed by atoms with E-state index in [-0.39, 0.29) is 17.5 Å². The molecule has 3 atom stereocenters. The smallest absolute Gasteiger partial charge is 0.310 e. The minimum Gasteiger partial charge on any atom is -0.459 e. The Morgan fingerprint density at radius 1 is 0.900 bits per heavy atom. The van der Waals surface area contributed by atoms with Crippen LogP contribution in [-0.4, -0.2) is 11.6 Å². The lowest BCUT2D eigenvalue weighted by Crippen LogP contribution is -2.53. The Labute approximate surface area is 120 Å². The molecule has 0 aromatic carbocycles. The number of rotatable bonds is 2. The number of allylic oxidation sites excluding steroid dienone is 2. The minimum atomic E-state index is -0.0443. The molecule has 6 aliphatic rings. The molecule has 0 aromatic heterocycles. The van der Waals surface area contributed by atoms with Crippen molar-refractivity contribution >= 4 is 5.97 Å². The number of esters is 1. The number of ether oxygens (including phenoxy) is 1. The highest BCUT2D eigenvalue weighted by Crippen LogP contribution is 2.57. The zero-order valence-corrected chi connectivity index (χ0v) is 12.1. The van der Waals surface area contributed by atoms with Crippen LogP contribution >= 0.6 is 0 Å². The first-order chi connectivity index (χ1) is 9.69. The largest absolute Gasteiger partial charge is 0.459 e. The molecule has 0 spiro atoms. The Bertz CT molecular complexity index is 443. The zero-order chi connectivity index (χ0) is 13.3. The fraction of sp³-hybridized carbons (Fsp3) is 0.833. The van der Waals surface area contributed by atoms with Crippen molar-refractivity contribution in [3.8, 4) is 0 Å². The molecule has 5 fully saturated rings. The van der Waals surface area contributed by atoms with Gasteiger partial charge in [-0.1, -0.05) is 12.2 Å². The summed E-state index contributed by atoms with van der Waals surface area (Å²) in [6.45, 7) is 0. The van der Waals surface area contributed by atoms with Crippen LogP contribution in [0.3, 0.4) is 0 Å². The maximum atomic E-state index is 12.7. The number of fused-ring (bicyclic) bond motifs is 2. The number of carbonyl (C=O) groups excluding carboxylic acids is 1. The Balaban J connectivity index is 1.34. The van der Waals surface area contributed by atoms with Crippen LogP contribution in [0.15, 0.2) is 12.2 Å². The lowest BCUT2D eigenvalue weighted by Gasteiger charge is -2.55. The van der Waals surface area contributed by atoms with Gasteiger partial charge < -0.3 is 4.74 Å². The third-order valence-corrected chi connectivity index (χ3v) is 6.88. The van der Waals surface area contributed by atoms with E-state index in [2.05, 4.69) is 12.2 Å². The van der Waals surface area contributed by atoms with Gasteiger partial charge >= 0.3 is 5.97 Å². The fourth-order valence-electron chi connectivity index (χ4n) is 6.50. The monoisotopic (exact) mass is 272 g/mol. The van der Waals surface area contributed by atoms with Crippen LogP contribution in [0.5, 0.6) is 0 Å². The summed E-state index contributed by atoms with van der Waals surface area (Å²) in [5, 5.41) is 0. The second kappa shape index (κ2) is 3.90. The van der Waals surface area contributed by atoms with Gasteiger partial charge in [0.25, 0.3) is 0 Å². The van der Waals surface area contributed by atoms with Crippen LogP contribution in [0.4, 0.5) is 0 Å². The van der Waals surface area contributed by atoms with E-state index in [4.69, 9.17) is 4.74 Å². The van der Waals surface area contributed by atoms with Gasteiger partial charge in [-0.25, -0.2) is 0 Å². The molecule has 6 bridgehead atoms. The van der Waals surface area contributed by atoms with Crippen LogP contribution in [0.25, 0.3) is 0 Å². The highest BCUT2D eigenvalue weighted by molar-refractivity contribution is 5.74.